The second-order valence-electron chi connectivity index (χ2n) is 9.00. The van der Waals surface area contributed by atoms with Crippen molar-refractivity contribution in [1.29, 1.82) is 0 Å². The van der Waals surface area contributed by atoms with Crippen molar-refractivity contribution in [1.82, 2.24) is 0 Å². The number of methoxy groups -OCH3 is 1. The first-order valence-corrected chi connectivity index (χ1v) is 12.5. The van der Waals surface area contributed by atoms with E-state index >= 15 is 0 Å². The molecule has 0 spiro atoms. The van der Waals surface area contributed by atoms with E-state index in [9.17, 15) is 14.4 Å². The van der Waals surface area contributed by atoms with Crippen molar-refractivity contribution < 1.29 is 23.5 Å². The largest absolute Gasteiger partial charge is 0.465 e. The van der Waals surface area contributed by atoms with Gasteiger partial charge in [-0.15, -0.1) is 0 Å². The molecule has 0 saturated carbocycles. The van der Waals surface area contributed by atoms with Crippen molar-refractivity contribution in [2.45, 2.75) is 13.8 Å². The lowest BCUT2D eigenvalue weighted by molar-refractivity contribution is -0.120. The van der Waals surface area contributed by atoms with Crippen LogP contribution in [-0.4, -0.2) is 30.0 Å². The summed E-state index contributed by atoms with van der Waals surface area (Å²) in [6, 6.07) is 24.7. The fraction of sp³-hybridized carbons (Fsp3) is 0.0968. The first kappa shape index (κ1) is 25.8. The van der Waals surface area contributed by atoms with Crippen LogP contribution in [0.15, 0.2) is 94.9 Å². The van der Waals surface area contributed by atoms with Gasteiger partial charge >= 0.3 is 5.97 Å². The van der Waals surface area contributed by atoms with Crippen LogP contribution in [0, 0.1) is 13.8 Å². The number of thiocarbonyl (C=S) groups is 1. The highest BCUT2D eigenvalue weighted by atomic mass is 32.1. The van der Waals surface area contributed by atoms with Crippen LogP contribution in [0.1, 0.15) is 27.2 Å². The van der Waals surface area contributed by atoms with Crippen LogP contribution in [0.25, 0.3) is 17.4 Å². The molecule has 1 fully saturated rings. The molecule has 0 radical (unpaired) electrons. The minimum absolute atomic E-state index is 0.0717. The van der Waals surface area contributed by atoms with Crippen LogP contribution < -0.4 is 9.80 Å². The monoisotopic (exact) mass is 536 g/mol. The van der Waals surface area contributed by atoms with E-state index in [-0.39, 0.29) is 10.7 Å². The number of furan rings is 1. The van der Waals surface area contributed by atoms with Gasteiger partial charge in [0.25, 0.3) is 11.8 Å². The predicted octanol–water partition coefficient (Wildman–Crippen LogP) is 6.10. The summed E-state index contributed by atoms with van der Waals surface area (Å²) in [7, 11) is 1.32. The van der Waals surface area contributed by atoms with E-state index in [0.29, 0.717) is 28.5 Å². The quantitative estimate of drug-likeness (QED) is 0.133. The molecule has 8 heteroatoms. The van der Waals surface area contributed by atoms with Gasteiger partial charge in [0.2, 0.25) is 0 Å². The summed E-state index contributed by atoms with van der Waals surface area (Å²) < 4.78 is 10.7. The summed E-state index contributed by atoms with van der Waals surface area (Å²) in [4.78, 5) is 41.9. The zero-order chi connectivity index (χ0) is 27.7. The van der Waals surface area contributed by atoms with Gasteiger partial charge in [-0.3, -0.25) is 19.4 Å². The highest BCUT2D eigenvalue weighted by molar-refractivity contribution is 7.81. The summed E-state index contributed by atoms with van der Waals surface area (Å²) in [6.45, 7) is 3.94. The molecule has 39 heavy (non-hydrogen) atoms. The molecule has 2 amide bonds. The second kappa shape index (κ2) is 10.5. The van der Waals surface area contributed by atoms with Crippen molar-refractivity contribution >= 4 is 52.6 Å². The fourth-order valence-corrected chi connectivity index (χ4v) is 4.62. The number of ether oxygens (including phenoxy) is 1. The Hall–Kier alpha value is -4.82. The van der Waals surface area contributed by atoms with Gasteiger partial charge in [-0.2, -0.15) is 0 Å². The molecular formula is C31H24N2O5S. The molecule has 194 valence electrons. The molecule has 2 heterocycles. The number of esters is 1. The van der Waals surface area contributed by atoms with E-state index in [0.717, 1.165) is 16.7 Å². The third kappa shape index (κ3) is 4.89. The van der Waals surface area contributed by atoms with Gasteiger partial charge in [0.05, 0.1) is 24.0 Å². The van der Waals surface area contributed by atoms with Gasteiger partial charge < -0.3 is 9.15 Å². The smallest absolute Gasteiger partial charge is 0.337 e. The zero-order valence-corrected chi connectivity index (χ0v) is 22.3. The molecule has 3 aromatic carbocycles. The van der Waals surface area contributed by atoms with Gasteiger partial charge in [-0.1, -0.05) is 36.4 Å². The summed E-state index contributed by atoms with van der Waals surface area (Å²) in [5.41, 5.74) is 4.22. The summed E-state index contributed by atoms with van der Waals surface area (Å²) in [5, 5.41) is 0.0717. The number of anilines is 2. The van der Waals surface area contributed by atoms with Crippen molar-refractivity contribution in [2.24, 2.45) is 0 Å². The Bertz CT molecular complexity index is 1640. The van der Waals surface area contributed by atoms with Gasteiger partial charge in [0, 0.05) is 5.56 Å². The van der Waals surface area contributed by atoms with Crippen LogP contribution >= 0.6 is 12.2 Å². The van der Waals surface area contributed by atoms with E-state index in [1.165, 1.54) is 23.0 Å². The SMILES string of the molecule is COC(=O)c1ccc(-c2ccc(C=C3C(=O)N(c4ccccc4)C(=S)N(c4ccc(C)c(C)c4)C3=O)o2)cc1. The van der Waals surface area contributed by atoms with Crippen LogP contribution in [0.3, 0.4) is 0 Å². The van der Waals surface area contributed by atoms with Gasteiger partial charge in [-0.05, 0) is 91.8 Å². The number of para-hydroxylation sites is 1. The normalized spacial score (nSPS) is 14.7. The Morgan fingerprint density at radius 2 is 1.49 bits per heavy atom. The number of hydrogen-bond acceptors (Lipinski definition) is 6. The highest BCUT2D eigenvalue weighted by Gasteiger charge is 2.41. The number of aryl methyl sites for hydroxylation is 2. The highest BCUT2D eigenvalue weighted by Crippen LogP contribution is 2.32. The van der Waals surface area contributed by atoms with Gasteiger partial charge in [-0.25, -0.2) is 4.79 Å². The van der Waals surface area contributed by atoms with Crippen molar-refractivity contribution in [3.8, 4) is 11.3 Å². The second-order valence-corrected chi connectivity index (χ2v) is 9.36. The van der Waals surface area contributed by atoms with E-state index in [4.69, 9.17) is 21.4 Å². The van der Waals surface area contributed by atoms with Gasteiger partial charge in [0.15, 0.2) is 5.11 Å². The van der Waals surface area contributed by atoms with Crippen LogP contribution in [-0.2, 0) is 14.3 Å². The first-order chi connectivity index (χ1) is 18.8. The number of hydrogen-bond donors (Lipinski definition) is 0. The lowest BCUT2D eigenvalue weighted by atomic mass is 10.1. The molecule has 1 aromatic heterocycles. The molecule has 1 aliphatic heterocycles. The number of carbonyl (C=O) groups is 3. The summed E-state index contributed by atoms with van der Waals surface area (Å²) in [5.74, 6) is -0.692. The molecule has 0 N–H and O–H groups in total. The van der Waals surface area contributed by atoms with Crippen molar-refractivity contribution in [3.05, 3.63) is 113 Å². The predicted molar refractivity (Wildman–Crippen MR) is 153 cm³/mol. The van der Waals surface area contributed by atoms with E-state index < -0.39 is 17.8 Å². The average molecular weight is 537 g/mol. The Balaban J connectivity index is 1.55. The maximum Gasteiger partial charge on any atom is 0.337 e. The number of nitrogens with zero attached hydrogens (tertiary/aromatic N) is 2. The molecular weight excluding hydrogens is 512 g/mol. The maximum atomic E-state index is 13.8. The molecule has 1 aliphatic rings. The van der Waals surface area contributed by atoms with Crippen molar-refractivity contribution in [2.75, 3.05) is 16.9 Å². The van der Waals surface area contributed by atoms with E-state index in [2.05, 4.69) is 0 Å². The topological polar surface area (TPSA) is 80.1 Å². The van der Waals surface area contributed by atoms with E-state index in [1.807, 2.05) is 38.1 Å². The van der Waals surface area contributed by atoms with Crippen LogP contribution in [0.4, 0.5) is 11.4 Å². The number of rotatable bonds is 5. The molecule has 0 aliphatic carbocycles. The minimum atomic E-state index is -0.545. The van der Waals surface area contributed by atoms with Crippen LogP contribution in [0.2, 0.25) is 0 Å². The molecule has 1 saturated heterocycles. The van der Waals surface area contributed by atoms with Crippen molar-refractivity contribution in [3.63, 3.8) is 0 Å². The number of carbonyl (C=O) groups excluding carboxylic acids is 3. The van der Waals surface area contributed by atoms with Crippen LogP contribution in [0.5, 0.6) is 0 Å². The molecule has 0 atom stereocenters. The minimum Gasteiger partial charge on any atom is -0.465 e. The summed E-state index contributed by atoms with van der Waals surface area (Å²) in [6.07, 6.45) is 1.43. The Morgan fingerprint density at radius 3 is 2.13 bits per heavy atom. The fourth-order valence-electron chi connectivity index (χ4n) is 4.24. The average Bonchev–Trinajstić information content (AvgIpc) is 3.42. The standard InChI is InChI=1S/C31H24N2O5S/c1-19-9-14-24(17-20(19)2)33-29(35)26(28(34)32(31(33)39)23-7-5-4-6-8-23)18-25-15-16-27(38-25)21-10-12-22(13-11-21)30(36)37-3/h4-18H,1-3H3. The molecule has 5 rings (SSSR count). The van der Waals surface area contributed by atoms with E-state index in [1.54, 1.807) is 60.7 Å². The molecule has 0 unspecified atom stereocenters. The third-order valence-electron chi connectivity index (χ3n) is 6.52. The van der Waals surface area contributed by atoms with Gasteiger partial charge in [0.1, 0.15) is 17.1 Å². The Kier molecular flexibility index (Phi) is 6.96. The Labute approximate surface area is 230 Å². The number of amides is 2. The molecule has 4 aromatic rings. The summed E-state index contributed by atoms with van der Waals surface area (Å²) >= 11 is 5.69. The maximum absolute atomic E-state index is 13.8. The lowest BCUT2D eigenvalue weighted by Gasteiger charge is -2.36. The third-order valence-corrected chi connectivity index (χ3v) is 6.88. The lowest BCUT2D eigenvalue weighted by Crippen LogP contribution is -2.57. The zero-order valence-electron chi connectivity index (χ0n) is 21.5. The number of benzene rings is 3. The molecule has 0 bridgehead atoms. The Morgan fingerprint density at radius 1 is 0.821 bits per heavy atom. The first-order valence-electron chi connectivity index (χ1n) is 12.1. The molecule has 7 nitrogen and oxygen atoms in total.